The Bertz CT molecular complexity index is 565. The topological polar surface area (TPSA) is 12.9 Å². The van der Waals surface area contributed by atoms with E-state index < -0.39 is 0 Å². The van der Waals surface area contributed by atoms with Crippen LogP contribution in [0.4, 0.5) is 0 Å². The highest BCUT2D eigenvalue weighted by atomic mass is 14.7. The summed E-state index contributed by atoms with van der Waals surface area (Å²) in [5, 5.41) is 0. The lowest BCUT2D eigenvalue weighted by atomic mass is 9.87. The minimum atomic E-state index is 0.273. The van der Waals surface area contributed by atoms with Crippen LogP contribution in [0.3, 0.4) is 0 Å². The van der Waals surface area contributed by atoms with Gasteiger partial charge in [0.2, 0.25) is 0 Å². The van der Waals surface area contributed by atoms with Crippen LogP contribution in [0.2, 0.25) is 0 Å². The maximum atomic E-state index is 4.60. The molecule has 0 bridgehead atoms. The Morgan fingerprint density at radius 1 is 1.45 bits per heavy atom. The highest BCUT2D eigenvalue weighted by Crippen LogP contribution is 2.60. The van der Waals surface area contributed by atoms with Crippen LogP contribution >= 0.6 is 0 Å². The molecule has 1 heterocycles. The van der Waals surface area contributed by atoms with Gasteiger partial charge in [-0.05, 0) is 48.8 Å². The Labute approximate surface area is 136 Å². The van der Waals surface area contributed by atoms with Crippen LogP contribution in [0.15, 0.2) is 48.7 Å². The first-order valence-corrected chi connectivity index (χ1v) is 8.50. The van der Waals surface area contributed by atoms with Crippen molar-refractivity contribution >= 4 is 5.57 Å². The molecule has 0 spiro atoms. The van der Waals surface area contributed by atoms with E-state index in [-0.39, 0.29) is 5.41 Å². The molecule has 1 saturated carbocycles. The molecule has 1 aromatic rings. The molecule has 1 heteroatoms. The third-order valence-corrected chi connectivity index (χ3v) is 4.61. The standard InChI is InChI=1S/C19H25N.C2H6/c1-6-10-16(18-14(4)11-9-12-20-18)17(8-3)19(5)13-15(19)7-2;1-2/h6,8-12,15H,3,7,13H2,1-2,4-5H3;1-2H3/b10-6-,17-16-;/t15-,19?;/m0./s1. The van der Waals surface area contributed by atoms with Crippen LogP contribution in [0, 0.1) is 18.3 Å². The molecule has 1 aliphatic rings. The van der Waals surface area contributed by atoms with Crippen molar-refractivity contribution in [2.24, 2.45) is 11.3 Å². The minimum Gasteiger partial charge on any atom is -0.256 e. The van der Waals surface area contributed by atoms with Crippen LogP contribution in [0.25, 0.3) is 5.57 Å². The average molecular weight is 297 g/mol. The maximum Gasteiger partial charge on any atom is 0.0733 e. The molecule has 2 rings (SSSR count). The van der Waals surface area contributed by atoms with E-state index in [1.54, 1.807) is 0 Å². The summed E-state index contributed by atoms with van der Waals surface area (Å²) >= 11 is 0. The van der Waals surface area contributed by atoms with Crippen LogP contribution in [-0.4, -0.2) is 4.98 Å². The van der Waals surface area contributed by atoms with Crippen molar-refractivity contribution in [1.29, 1.82) is 0 Å². The lowest BCUT2D eigenvalue weighted by Crippen LogP contribution is -2.05. The second kappa shape index (κ2) is 8.12. The highest BCUT2D eigenvalue weighted by molar-refractivity contribution is 5.79. The van der Waals surface area contributed by atoms with Crippen LogP contribution in [0.5, 0.6) is 0 Å². The summed E-state index contributed by atoms with van der Waals surface area (Å²) in [5.74, 6) is 0.778. The monoisotopic (exact) mass is 297 g/mol. The normalized spacial score (nSPS) is 24.4. The molecule has 0 aromatic carbocycles. The van der Waals surface area contributed by atoms with Crippen molar-refractivity contribution < 1.29 is 0 Å². The lowest BCUT2D eigenvalue weighted by Gasteiger charge is -2.18. The third-order valence-electron chi connectivity index (χ3n) is 4.61. The van der Waals surface area contributed by atoms with Gasteiger partial charge in [0.05, 0.1) is 5.69 Å². The highest BCUT2D eigenvalue weighted by Gasteiger charge is 2.51. The molecule has 1 aliphatic carbocycles. The van der Waals surface area contributed by atoms with E-state index in [1.807, 2.05) is 32.2 Å². The van der Waals surface area contributed by atoms with Crippen molar-refractivity contribution in [3.8, 4) is 0 Å². The van der Waals surface area contributed by atoms with Crippen molar-refractivity contribution in [3.05, 3.63) is 60.0 Å². The molecule has 1 fully saturated rings. The largest absolute Gasteiger partial charge is 0.256 e. The average Bonchev–Trinajstić information content (AvgIpc) is 3.21. The number of rotatable bonds is 5. The summed E-state index contributed by atoms with van der Waals surface area (Å²) in [6.45, 7) is 16.9. The van der Waals surface area contributed by atoms with Crippen LogP contribution in [0.1, 0.15) is 58.7 Å². The van der Waals surface area contributed by atoms with Crippen molar-refractivity contribution in [2.75, 3.05) is 0 Å². The Hall–Kier alpha value is -1.63. The Morgan fingerprint density at radius 2 is 2.14 bits per heavy atom. The predicted octanol–water partition coefficient (Wildman–Crippen LogP) is 6.37. The van der Waals surface area contributed by atoms with Crippen molar-refractivity contribution in [2.45, 2.75) is 54.4 Å². The van der Waals surface area contributed by atoms with E-state index in [9.17, 15) is 0 Å². The molecule has 0 amide bonds. The molecule has 1 nitrogen and oxygen atoms in total. The third kappa shape index (κ3) is 3.58. The van der Waals surface area contributed by atoms with Crippen molar-refractivity contribution in [3.63, 3.8) is 0 Å². The summed E-state index contributed by atoms with van der Waals surface area (Å²) in [6.07, 6.45) is 10.7. The quantitative estimate of drug-likeness (QED) is 0.575. The van der Waals surface area contributed by atoms with Crippen LogP contribution < -0.4 is 0 Å². The molecule has 120 valence electrons. The number of allylic oxidation sites excluding steroid dienone is 5. The molecule has 1 unspecified atom stereocenters. The molecule has 0 radical (unpaired) electrons. The zero-order valence-electron chi connectivity index (χ0n) is 15.1. The second-order valence-corrected chi connectivity index (χ2v) is 5.93. The number of nitrogens with zero attached hydrogens (tertiary/aromatic N) is 1. The predicted molar refractivity (Wildman–Crippen MR) is 98.8 cm³/mol. The SMILES string of the molecule is C=C/C(=C(\C=C/C)c1ncccc1C)C1(C)C[C@@H]1CC.CC. The summed E-state index contributed by atoms with van der Waals surface area (Å²) in [6, 6.07) is 4.12. The fourth-order valence-corrected chi connectivity index (χ4v) is 3.26. The number of hydrogen-bond donors (Lipinski definition) is 0. The lowest BCUT2D eigenvalue weighted by molar-refractivity contribution is 0.591. The number of aromatic nitrogens is 1. The van der Waals surface area contributed by atoms with Crippen molar-refractivity contribution in [1.82, 2.24) is 4.98 Å². The van der Waals surface area contributed by atoms with Crippen LogP contribution in [-0.2, 0) is 0 Å². The second-order valence-electron chi connectivity index (χ2n) is 5.93. The molecule has 0 saturated heterocycles. The van der Waals surface area contributed by atoms with E-state index in [0.29, 0.717) is 0 Å². The van der Waals surface area contributed by atoms with Gasteiger partial charge in [0.25, 0.3) is 0 Å². The first kappa shape index (κ1) is 18.4. The van der Waals surface area contributed by atoms with Gasteiger partial charge in [-0.15, -0.1) is 0 Å². The molecule has 0 aliphatic heterocycles. The first-order valence-electron chi connectivity index (χ1n) is 8.50. The molecular weight excluding hydrogens is 266 g/mol. The van der Waals surface area contributed by atoms with Gasteiger partial charge in [-0.2, -0.15) is 0 Å². The number of aryl methyl sites for hydroxylation is 1. The van der Waals surface area contributed by atoms with Gasteiger partial charge in [-0.3, -0.25) is 4.98 Å². The zero-order chi connectivity index (χ0) is 16.8. The van der Waals surface area contributed by atoms with E-state index in [4.69, 9.17) is 0 Å². The molecule has 22 heavy (non-hydrogen) atoms. The molecular formula is C21H31N. The molecule has 0 N–H and O–H groups in total. The number of pyridine rings is 1. The summed E-state index contributed by atoms with van der Waals surface area (Å²) in [4.78, 5) is 4.60. The Morgan fingerprint density at radius 3 is 2.59 bits per heavy atom. The van der Waals surface area contributed by atoms with Gasteiger partial charge in [0, 0.05) is 11.8 Å². The van der Waals surface area contributed by atoms with E-state index in [1.165, 1.54) is 29.6 Å². The maximum absolute atomic E-state index is 4.60. The Kier molecular flexibility index (Phi) is 6.80. The zero-order valence-corrected chi connectivity index (χ0v) is 15.1. The Balaban J connectivity index is 0.00000116. The van der Waals surface area contributed by atoms with Gasteiger partial charge >= 0.3 is 0 Å². The fourth-order valence-electron chi connectivity index (χ4n) is 3.26. The smallest absolute Gasteiger partial charge is 0.0733 e. The summed E-state index contributed by atoms with van der Waals surface area (Å²) < 4.78 is 0. The van der Waals surface area contributed by atoms with E-state index in [2.05, 4.69) is 57.5 Å². The first-order chi connectivity index (χ1) is 10.6. The van der Waals surface area contributed by atoms with Gasteiger partial charge in [0.15, 0.2) is 0 Å². The van der Waals surface area contributed by atoms with Gasteiger partial charge in [-0.25, -0.2) is 0 Å². The molecule has 2 atom stereocenters. The van der Waals surface area contributed by atoms with Gasteiger partial charge in [-0.1, -0.05) is 65.0 Å². The van der Waals surface area contributed by atoms with Gasteiger partial charge < -0.3 is 0 Å². The van der Waals surface area contributed by atoms with E-state index >= 15 is 0 Å². The number of hydrogen-bond acceptors (Lipinski definition) is 1. The molecule has 1 aromatic heterocycles. The summed E-state index contributed by atoms with van der Waals surface area (Å²) in [7, 11) is 0. The minimum absolute atomic E-state index is 0.273. The summed E-state index contributed by atoms with van der Waals surface area (Å²) in [5.41, 5.74) is 5.17. The van der Waals surface area contributed by atoms with E-state index in [0.717, 1.165) is 11.6 Å². The van der Waals surface area contributed by atoms with Gasteiger partial charge in [0.1, 0.15) is 0 Å². The fraction of sp³-hybridized carbons (Fsp3) is 0.476.